The van der Waals surface area contributed by atoms with Crippen molar-refractivity contribution in [3.8, 4) is 0 Å². The maximum atomic E-state index is 8.06. The SMILES string of the molecule is C1CCNCC1.C1CCNCC1.C1CCNCC1.O=P. The van der Waals surface area contributed by atoms with Gasteiger partial charge in [-0.25, -0.2) is 0 Å². The normalized spacial score (nSPS) is 21.8. The van der Waals surface area contributed by atoms with Crippen LogP contribution in [0.1, 0.15) is 57.8 Å². The van der Waals surface area contributed by atoms with E-state index in [1.54, 1.807) is 9.12 Å². The fraction of sp³-hybridized carbons (Fsp3) is 1.00. The van der Waals surface area contributed by atoms with Crippen molar-refractivity contribution in [2.75, 3.05) is 39.3 Å². The van der Waals surface area contributed by atoms with E-state index in [1.165, 1.54) is 97.1 Å². The molecule has 0 radical (unpaired) electrons. The lowest BCUT2D eigenvalue weighted by molar-refractivity contribution is 0.520. The third kappa shape index (κ3) is 16.0. The van der Waals surface area contributed by atoms with Gasteiger partial charge < -0.3 is 16.0 Å². The molecule has 3 rings (SSSR count). The molecule has 20 heavy (non-hydrogen) atoms. The predicted octanol–water partition coefficient (Wildman–Crippen LogP) is 2.75. The molecule has 0 atom stereocenters. The molecule has 0 saturated carbocycles. The van der Waals surface area contributed by atoms with Crippen LogP contribution in [0.25, 0.3) is 0 Å². The molecular formula is C15H34N3OP. The summed E-state index contributed by atoms with van der Waals surface area (Å²) in [5, 5.41) is 9.85. The molecule has 3 N–H and O–H groups in total. The highest BCUT2D eigenvalue weighted by molar-refractivity contribution is 7.00. The van der Waals surface area contributed by atoms with Crippen LogP contribution in [0.4, 0.5) is 0 Å². The lowest BCUT2D eigenvalue weighted by Gasteiger charge is -2.08. The summed E-state index contributed by atoms with van der Waals surface area (Å²) in [6.45, 7) is 7.50. The molecule has 0 aromatic heterocycles. The molecule has 0 aliphatic carbocycles. The molecule has 3 aliphatic heterocycles. The van der Waals surface area contributed by atoms with Crippen molar-refractivity contribution in [1.29, 1.82) is 0 Å². The molecule has 0 aromatic rings. The van der Waals surface area contributed by atoms with E-state index in [2.05, 4.69) is 16.0 Å². The molecule has 3 fully saturated rings. The van der Waals surface area contributed by atoms with Crippen LogP contribution in [0, 0.1) is 0 Å². The minimum atomic E-state index is 1.25. The highest BCUT2D eigenvalue weighted by Gasteiger charge is 1.94. The minimum Gasteiger partial charge on any atom is -0.317 e. The molecule has 4 nitrogen and oxygen atoms in total. The smallest absolute Gasteiger partial charge is 0.138 e. The third-order valence-electron chi connectivity index (χ3n) is 3.62. The van der Waals surface area contributed by atoms with Gasteiger partial charge in [0.25, 0.3) is 0 Å². The maximum Gasteiger partial charge on any atom is 0.138 e. The van der Waals surface area contributed by atoms with Gasteiger partial charge in [0.05, 0.1) is 0 Å². The summed E-state index contributed by atoms with van der Waals surface area (Å²) in [5.41, 5.74) is 0. The van der Waals surface area contributed by atoms with E-state index in [9.17, 15) is 0 Å². The summed E-state index contributed by atoms with van der Waals surface area (Å²) in [5.74, 6) is 0. The quantitative estimate of drug-likeness (QED) is 0.602. The van der Waals surface area contributed by atoms with Crippen LogP contribution in [0.3, 0.4) is 0 Å². The van der Waals surface area contributed by atoms with Crippen LogP contribution in [-0.2, 0) is 4.57 Å². The Kier molecular flexibility index (Phi) is 19.0. The second-order valence-corrected chi connectivity index (χ2v) is 5.43. The Labute approximate surface area is 127 Å². The van der Waals surface area contributed by atoms with Crippen molar-refractivity contribution in [2.24, 2.45) is 0 Å². The first kappa shape index (κ1) is 20.0. The van der Waals surface area contributed by atoms with Crippen molar-refractivity contribution in [2.45, 2.75) is 57.8 Å². The summed E-state index contributed by atoms with van der Waals surface area (Å²) in [6, 6.07) is 0. The Bertz CT molecular complexity index is 109. The maximum absolute atomic E-state index is 8.06. The van der Waals surface area contributed by atoms with Gasteiger partial charge >= 0.3 is 0 Å². The zero-order valence-corrected chi connectivity index (χ0v) is 14.0. The molecule has 0 aromatic carbocycles. The molecule has 5 heteroatoms. The van der Waals surface area contributed by atoms with E-state index in [1.807, 2.05) is 0 Å². The molecule has 0 amide bonds. The van der Waals surface area contributed by atoms with E-state index in [0.717, 1.165) is 0 Å². The van der Waals surface area contributed by atoms with Gasteiger partial charge in [-0.3, -0.25) is 4.57 Å². The fourth-order valence-electron chi connectivity index (χ4n) is 2.41. The molecule has 120 valence electrons. The van der Waals surface area contributed by atoms with Crippen LogP contribution in [0.2, 0.25) is 0 Å². The first-order valence-electron chi connectivity index (χ1n) is 8.33. The third-order valence-corrected chi connectivity index (χ3v) is 3.62. The Morgan fingerprint density at radius 1 is 0.400 bits per heavy atom. The Morgan fingerprint density at radius 3 is 0.650 bits per heavy atom. The summed E-state index contributed by atoms with van der Waals surface area (Å²) in [6.07, 6.45) is 12.6. The molecule has 3 saturated heterocycles. The van der Waals surface area contributed by atoms with E-state index in [-0.39, 0.29) is 0 Å². The zero-order valence-electron chi connectivity index (χ0n) is 13.0. The summed E-state index contributed by atoms with van der Waals surface area (Å²) < 4.78 is 8.06. The van der Waals surface area contributed by atoms with Gasteiger partial charge in [0.2, 0.25) is 0 Å². The van der Waals surface area contributed by atoms with Crippen LogP contribution in [0.15, 0.2) is 0 Å². The van der Waals surface area contributed by atoms with E-state index in [0.29, 0.717) is 0 Å². The van der Waals surface area contributed by atoms with Crippen molar-refractivity contribution in [3.05, 3.63) is 0 Å². The van der Waals surface area contributed by atoms with E-state index in [4.69, 9.17) is 4.57 Å². The second kappa shape index (κ2) is 19.0. The number of piperidine rings is 3. The lowest BCUT2D eigenvalue weighted by atomic mass is 10.2. The van der Waals surface area contributed by atoms with Gasteiger partial charge in [0, 0.05) is 0 Å². The van der Waals surface area contributed by atoms with Gasteiger partial charge in [-0.15, -0.1) is 0 Å². The summed E-state index contributed by atoms with van der Waals surface area (Å²) in [4.78, 5) is 0. The number of rotatable bonds is 0. The van der Waals surface area contributed by atoms with E-state index < -0.39 is 0 Å². The number of nitrogens with one attached hydrogen (secondary N) is 3. The predicted molar refractivity (Wildman–Crippen MR) is 89.2 cm³/mol. The molecule has 0 unspecified atom stereocenters. The van der Waals surface area contributed by atoms with E-state index >= 15 is 0 Å². The second-order valence-electron chi connectivity index (χ2n) is 5.43. The zero-order chi connectivity index (χ0) is 14.7. The first-order valence-corrected chi connectivity index (χ1v) is 8.73. The van der Waals surface area contributed by atoms with Crippen molar-refractivity contribution in [1.82, 2.24) is 16.0 Å². The average Bonchev–Trinajstić information content (AvgIpc) is 2.62. The topological polar surface area (TPSA) is 53.2 Å². The Balaban J connectivity index is 0.000000255. The molecule has 0 spiro atoms. The molecular weight excluding hydrogens is 269 g/mol. The minimum absolute atomic E-state index is 1.25. The summed E-state index contributed by atoms with van der Waals surface area (Å²) in [7, 11) is 1.72. The van der Waals surface area contributed by atoms with Gasteiger partial charge in [-0.2, -0.15) is 0 Å². The van der Waals surface area contributed by atoms with Crippen molar-refractivity contribution in [3.63, 3.8) is 0 Å². The molecule has 3 aliphatic rings. The molecule has 0 bridgehead atoms. The summed E-state index contributed by atoms with van der Waals surface area (Å²) >= 11 is 0. The monoisotopic (exact) mass is 303 g/mol. The van der Waals surface area contributed by atoms with Gasteiger partial charge in [-0.05, 0) is 77.8 Å². The highest BCUT2D eigenvalue weighted by atomic mass is 31.0. The van der Waals surface area contributed by atoms with Gasteiger partial charge in [-0.1, -0.05) is 19.3 Å². The lowest BCUT2D eigenvalue weighted by Crippen LogP contribution is -2.21. The van der Waals surface area contributed by atoms with Crippen LogP contribution < -0.4 is 16.0 Å². The van der Waals surface area contributed by atoms with Gasteiger partial charge in [0.1, 0.15) is 9.12 Å². The fourth-order valence-corrected chi connectivity index (χ4v) is 2.41. The van der Waals surface area contributed by atoms with Crippen LogP contribution in [0.5, 0.6) is 0 Å². The highest BCUT2D eigenvalue weighted by Crippen LogP contribution is 1.97. The van der Waals surface area contributed by atoms with Crippen LogP contribution in [-0.4, -0.2) is 39.3 Å². The van der Waals surface area contributed by atoms with Gasteiger partial charge in [0.15, 0.2) is 0 Å². The van der Waals surface area contributed by atoms with Crippen molar-refractivity contribution >= 4 is 9.12 Å². The largest absolute Gasteiger partial charge is 0.317 e. The Hall–Kier alpha value is -0.0200. The Morgan fingerprint density at radius 2 is 0.600 bits per heavy atom. The average molecular weight is 303 g/mol. The number of hydrogen-bond donors (Lipinski definition) is 3. The molecule has 3 heterocycles. The first-order chi connectivity index (χ1) is 10.0. The van der Waals surface area contributed by atoms with Crippen LogP contribution >= 0.6 is 9.12 Å². The number of hydrogen-bond acceptors (Lipinski definition) is 4. The standard InChI is InChI=1S/3C5H11N.HOP/c3*1-2-4-6-5-3-1;1-2/h3*6H,1-5H2;2H. The van der Waals surface area contributed by atoms with Crippen molar-refractivity contribution < 1.29 is 4.57 Å².